The first kappa shape index (κ1) is 14.3. The Morgan fingerprint density at radius 1 is 1.30 bits per heavy atom. The lowest BCUT2D eigenvalue weighted by atomic mass is 10.1. The number of nitrogens with one attached hydrogen (secondary N) is 2. The van der Waals surface area contributed by atoms with E-state index in [0.29, 0.717) is 0 Å². The molecule has 2 rings (SSSR count). The second-order valence-electron chi connectivity index (χ2n) is 4.47. The maximum Gasteiger partial charge on any atom is 0.137 e. The maximum absolute atomic E-state index is 5.39. The maximum atomic E-state index is 5.39. The van der Waals surface area contributed by atoms with Gasteiger partial charge >= 0.3 is 0 Å². The van der Waals surface area contributed by atoms with Crippen LogP contribution in [-0.2, 0) is 6.42 Å². The number of H-pyrrole nitrogens is 1. The van der Waals surface area contributed by atoms with E-state index in [1.807, 2.05) is 18.2 Å². The Kier molecular flexibility index (Phi) is 4.95. The van der Waals surface area contributed by atoms with Crippen LogP contribution >= 0.6 is 0 Å². The average molecular weight is 276 g/mol. The zero-order valence-corrected chi connectivity index (χ0v) is 12.0. The highest BCUT2D eigenvalue weighted by molar-refractivity contribution is 5.42. The van der Waals surface area contributed by atoms with E-state index in [0.717, 1.165) is 35.9 Å². The van der Waals surface area contributed by atoms with Crippen molar-refractivity contribution in [1.82, 2.24) is 20.5 Å². The van der Waals surface area contributed by atoms with E-state index in [9.17, 15) is 0 Å². The lowest BCUT2D eigenvalue weighted by Crippen LogP contribution is -2.22. The van der Waals surface area contributed by atoms with Crippen LogP contribution in [0.4, 0.5) is 0 Å². The predicted octanol–water partition coefficient (Wildman–Crippen LogP) is 1.72. The highest BCUT2D eigenvalue weighted by Gasteiger charge is 2.12. The van der Waals surface area contributed by atoms with Crippen LogP contribution in [-0.4, -0.2) is 35.9 Å². The van der Waals surface area contributed by atoms with Crippen LogP contribution in [0.1, 0.15) is 24.4 Å². The summed E-state index contributed by atoms with van der Waals surface area (Å²) in [5, 5.41) is 10.1. The summed E-state index contributed by atoms with van der Waals surface area (Å²) in [5.41, 5.74) is 1.07. The minimum Gasteiger partial charge on any atom is -0.497 e. The lowest BCUT2D eigenvalue weighted by Gasteiger charge is -2.18. The third kappa shape index (κ3) is 3.48. The molecule has 1 atom stereocenters. The first-order valence-electron chi connectivity index (χ1n) is 6.54. The standard InChI is InChI=1S/C14H20N4O2/c1-10(15-7-6-14-16-9-17-18-14)12-8-11(19-2)4-5-13(12)20-3/h4-5,8-10,15H,6-7H2,1-3H3,(H,16,17,18). The summed E-state index contributed by atoms with van der Waals surface area (Å²) < 4.78 is 10.7. The number of ether oxygens (including phenoxy) is 2. The fraction of sp³-hybridized carbons (Fsp3) is 0.429. The molecular formula is C14H20N4O2. The molecule has 1 aromatic carbocycles. The number of aromatic nitrogens is 3. The van der Waals surface area contributed by atoms with Gasteiger partial charge in [-0.25, -0.2) is 4.98 Å². The molecule has 20 heavy (non-hydrogen) atoms. The molecule has 0 saturated carbocycles. The number of aromatic amines is 1. The first-order valence-corrected chi connectivity index (χ1v) is 6.54. The Balaban J connectivity index is 1.98. The van der Waals surface area contributed by atoms with Crippen molar-refractivity contribution in [1.29, 1.82) is 0 Å². The quantitative estimate of drug-likeness (QED) is 0.805. The van der Waals surface area contributed by atoms with Gasteiger partial charge in [0.1, 0.15) is 23.7 Å². The molecule has 0 spiro atoms. The fourth-order valence-corrected chi connectivity index (χ4v) is 2.05. The van der Waals surface area contributed by atoms with Gasteiger partial charge in [-0.1, -0.05) is 0 Å². The van der Waals surface area contributed by atoms with Crippen molar-refractivity contribution in [3.8, 4) is 11.5 Å². The summed E-state index contributed by atoms with van der Waals surface area (Å²) in [4.78, 5) is 4.10. The zero-order chi connectivity index (χ0) is 14.4. The molecule has 0 radical (unpaired) electrons. The summed E-state index contributed by atoms with van der Waals surface area (Å²) in [6.45, 7) is 2.90. The number of hydrogen-bond acceptors (Lipinski definition) is 5. The molecule has 0 amide bonds. The Morgan fingerprint density at radius 2 is 2.15 bits per heavy atom. The largest absolute Gasteiger partial charge is 0.497 e. The third-order valence-corrected chi connectivity index (χ3v) is 3.18. The van der Waals surface area contributed by atoms with Crippen molar-refractivity contribution in [2.45, 2.75) is 19.4 Å². The minimum absolute atomic E-state index is 0.156. The van der Waals surface area contributed by atoms with Gasteiger partial charge in [-0.2, -0.15) is 5.10 Å². The minimum atomic E-state index is 0.156. The summed E-state index contributed by atoms with van der Waals surface area (Å²) in [7, 11) is 3.33. The Labute approximate surface area is 118 Å². The van der Waals surface area contributed by atoms with E-state index in [-0.39, 0.29) is 6.04 Å². The van der Waals surface area contributed by atoms with Gasteiger partial charge in [-0.15, -0.1) is 0 Å². The molecule has 1 unspecified atom stereocenters. The number of rotatable bonds is 7. The number of hydrogen-bond donors (Lipinski definition) is 2. The highest BCUT2D eigenvalue weighted by atomic mass is 16.5. The van der Waals surface area contributed by atoms with Gasteiger partial charge in [0, 0.05) is 24.6 Å². The fourth-order valence-electron chi connectivity index (χ4n) is 2.05. The molecule has 0 saturated heterocycles. The van der Waals surface area contributed by atoms with Gasteiger partial charge in [0.2, 0.25) is 0 Å². The Morgan fingerprint density at radius 3 is 2.80 bits per heavy atom. The SMILES string of the molecule is COc1ccc(OC)c(C(C)NCCc2ncn[nH]2)c1. The number of benzene rings is 1. The van der Waals surface area contributed by atoms with Gasteiger partial charge in [0.05, 0.1) is 14.2 Å². The zero-order valence-electron chi connectivity index (χ0n) is 12.0. The smallest absolute Gasteiger partial charge is 0.137 e. The molecule has 0 fully saturated rings. The van der Waals surface area contributed by atoms with Gasteiger partial charge in [0.15, 0.2) is 0 Å². The van der Waals surface area contributed by atoms with Crippen molar-refractivity contribution >= 4 is 0 Å². The van der Waals surface area contributed by atoms with Crippen LogP contribution in [0, 0.1) is 0 Å². The molecule has 2 aromatic rings. The third-order valence-electron chi connectivity index (χ3n) is 3.18. The normalized spacial score (nSPS) is 12.2. The van der Waals surface area contributed by atoms with E-state index in [4.69, 9.17) is 9.47 Å². The predicted molar refractivity (Wildman–Crippen MR) is 76.1 cm³/mol. The second kappa shape index (κ2) is 6.91. The van der Waals surface area contributed by atoms with E-state index in [1.165, 1.54) is 6.33 Å². The van der Waals surface area contributed by atoms with Crippen LogP contribution in [0.5, 0.6) is 11.5 Å². The second-order valence-corrected chi connectivity index (χ2v) is 4.47. The molecule has 0 aliphatic carbocycles. The van der Waals surface area contributed by atoms with Gasteiger partial charge in [-0.3, -0.25) is 5.10 Å². The van der Waals surface area contributed by atoms with Crippen molar-refractivity contribution in [3.05, 3.63) is 35.9 Å². The molecule has 6 nitrogen and oxygen atoms in total. The highest BCUT2D eigenvalue weighted by Crippen LogP contribution is 2.29. The summed E-state index contributed by atoms with van der Waals surface area (Å²) >= 11 is 0. The van der Waals surface area contributed by atoms with E-state index >= 15 is 0 Å². The van der Waals surface area contributed by atoms with Crippen molar-refractivity contribution in [3.63, 3.8) is 0 Å². The number of methoxy groups -OCH3 is 2. The van der Waals surface area contributed by atoms with Gasteiger partial charge in [0.25, 0.3) is 0 Å². The Hall–Kier alpha value is -2.08. The molecule has 108 valence electrons. The molecule has 0 aliphatic heterocycles. The van der Waals surface area contributed by atoms with Crippen LogP contribution in [0.15, 0.2) is 24.5 Å². The Bertz CT molecular complexity index is 528. The van der Waals surface area contributed by atoms with Crippen LogP contribution in [0.2, 0.25) is 0 Å². The summed E-state index contributed by atoms with van der Waals surface area (Å²) in [6, 6.07) is 5.96. The first-order chi connectivity index (χ1) is 9.74. The van der Waals surface area contributed by atoms with E-state index < -0.39 is 0 Å². The average Bonchev–Trinajstić information content (AvgIpc) is 2.99. The monoisotopic (exact) mass is 276 g/mol. The lowest BCUT2D eigenvalue weighted by molar-refractivity contribution is 0.392. The van der Waals surface area contributed by atoms with Gasteiger partial charge in [-0.05, 0) is 25.1 Å². The van der Waals surface area contributed by atoms with Gasteiger partial charge < -0.3 is 14.8 Å². The van der Waals surface area contributed by atoms with Crippen LogP contribution < -0.4 is 14.8 Å². The molecule has 0 bridgehead atoms. The number of nitrogens with zero attached hydrogens (tertiary/aromatic N) is 2. The van der Waals surface area contributed by atoms with E-state index in [2.05, 4.69) is 27.4 Å². The van der Waals surface area contributed by atoms with Crippen molar-refractivity contribution in [2.75, 3.05) is 20.8 Å². The molecule has 0 aliphatic rings. The summed E-state index contributed by atoms with van der Waals surface area (Å²) in [5.74, 6) is 2.55. The molecule has 1 heterocycles. The van der Waals surface area contributed by atoms with Crippen molar-refractivity contribution < 1.29 is 9.47 Å². The van der Waals surface area contributed by atoms with E-state index in [1.54, 1.807) is 14.2 Å². The summed E-state index contributed by atoms with van der Waals surface area (Å²) in [6.07, 6.45) is 2.32. The van der Waals surface area contributed by atoms with Crippen LogP contribution in [0.25, 0.3) is 0 Å². The molecular weight excluding hydrogens is 256 g/mol. The topological polar surface area (TPSA) is 72.1 Å². The molecule has 6 heteroatoms. The molecule has 2 N–H and O–H groups in total. The molecule has 1 aromatic heterocycles. The van der Waals surface area contributed by atoms with Crippen molar-refractivity contribution in [2.24, 2.45) is 0 Å². The van der Waals surface area contributed by atoms with Crippen LogP contribution in [0.3, 0.4) is 0 Å².